The van der Waals surface area contributed by atoms with Gasteiger partial charge in [0.1, 0.15) is 0 Å². The number of rotatable bonds is 6. The maximum Gasteiger partial charge on any atom is 0.225 e. The van der Waals surface area contributed by atoms with Crippen LogP contribution in [0.4, 0.5) is 5.82 Å². The van der Waals surface area contributed by atoms with E-state index >= 15 is 0 Å². The van der Waals surface area contributed by atoms with E-state index in [1.807, 2.05) is 67.6 Å². The van der Waals surface area contributed by atoms with E-state index < -0.39 is 0 Å². The van der Waals surface area contributed by atoms with Crippen molar-refractivity contribution in [3.8, 4) is 11.3 Å². The first kappa shape index (κ1) is 16.8. The summed E-state index contributed by atoms with van der Waals surface area (Å²) < 4.78 is 0. The van der Waals surface area contributed by atoms with Gasteiger partial charge in [-0.05, 0) is 18.4 Å². The van der Waals surface area contributed by atoms with Crippen molar-refractivity contribution in [3.05, 3.63) is 78.1 Å². The zero-order valence-electron chi connectivity index (χ0n) is 14.3. The first-order valence-corrected chi connectivity index (χ1v) is 8.51. The second-order valence-corrected chi connectivity index (χ2v) is 5.80. The Bertz CT molecular complexity index is 832. The second-order valence-electron chi connectivity index (χ2n) is 5.80. The lowest BCUT2D eigenvalue weighted by atomic mass is 10.1. The Kier molecular flexibility index (Phi) is 5.52. The van der Waals surface area contributed by atoms with Gasteiger partial charge < -0.3 is 5.32 Å². The number of aromatic nitrogens is 2. The number of nitrogens with zero attached hydrogens (tertiary/aromatic N) is 2. The maximum absolute atomic E-state index is 12.2. The molecule has 0 aliphatic rings. The zero-order valence-corrected chi connectivity index (χ0v) is 14.3. The smallest absolute Gasteiger partial charge is 0.225 e. The van der Waals surface area contributed by atoms with Crippen LogP contribution in [0.2, 0.25) is 0 Å². The molecule has 0 saturated heterocycles. The fourth-order valence-corrected chi connectivity index (χ4v) is 2.62. The number of nitrogens with one attached hydrogen (secondary N) is 1. The molecule has 126 valence electrons. The molecule has 2 aromatic carbocycles. The molecule has 0 unspecified atom stereocenters. The molecule has 0 saturated carbocycles. The van der Waals surface area contributed by atoms with Gasteiger partial charge in [-0.15, -0.1) is 0 Å². The van der Waals surface area contributed by atoms with Crippen LogP contribution in [0.3, 0.4) is 0 Å². The highest BCUT2D eigenvalue weighted by Gasteiger charge is 2.11. The van der Waals surface area contributed by atoms with Crippen molar-refractivity contribution < 1.29 is 4.79 Å². The molecular formula is C21H21N3O. The molecule has 4 heteroatoms. The summed E-state index contributed by atoms with van der Waals surface area (Å²) >= 11 is 0. The van der Waals surface area contributed by atoms with Gasteiger partial charge in [-0.25, -0.2) is 9.97 Å². The third kappa shape index (κ3) is 4.51. The largest absolute Gasteiger partial charge is 0.309 e. The molecule has 0 atom stereocenters. The Hall–Kier alpha value is -3.01. The Balaban J connectivity index is 1.68. The maximum atomic E-state index is 12.2. The summed E-state index contributed by atoms with van der Waals surface area (Å²) in [6.45, 7) is 2.01. The van der Waals surface area contributed by atoms with Crippen molar-refractivity contribution in [2.75, 3.05) is 5.32 Å². The summed E-state index contributed by atoms with van der Waals surface area (Å²) in [5, 5.41) is 2.90. The first-order valence-electron chi connectivity index (χ1n) is 8.51. The van der Waals surface area contributed by atoms with Gasteiger partial charge in [0.15, 0.2) is 5.82 Å². The van der Waals surface area contributed by atoms with E-state index in [1.165, 1.54) is 0 Å². The van der Waals surface area contributed by atoms with Crippen LogP contribution in [0, 0.1) is 0 Å². The van der Waals surface area contributed by atoms with Crippen LogP contribution in [0.15, 0.2) is 66.9 Å². The minimum absolute atomic E-state index is 0.0414. The highest BCUT2D eigenvalue weighted by molar-refractivity contribution is 5.90. The van der Waals surface area contributed by atoms with E-state index in [1.54, 1.807) is 6.20 Å². The van der Waals surface area contributed by atoms with Gasteiger partial charge in [-0.2, -0.15) is 0 Å². The Morgan fingerprint density at radius 1 is 1.00 bits per heavy atom. The number of benzene rings is 2. The summed E-state index contributed by atoms with van der Waals surface area (Å²) in [7, 11) is 0. The van der Waals surface area contributed by atoms with Crippen LogP contribution < -0.4 is 5.32 Å². The molecule has 0 spiro atoms. The van der Waals surface area contributed by atoms with Gasteiger partial charge >= 0.3 is 0 Å². The molecule has 3 rings (SSSR count). The van der Waals surface area contributed by atoms with Crippen molar-refractivity contribution >= 4 is 11.7 Å². The minimum Gasteiger partial charge on any atom is -0.309 e. The second kappa shape index (κ2) is 8.20. The molecule has 1 heterocycles. The summed E-state index contributed by atoms with van der Waals surface area (Å²) in [5.41, 5.74) is 3.79. The molecule has 3 aromatic rings. The lowest BCUT2D eigenvalue weighted by molar-refractivity contribution is -0.116. The minimum atomic E-state index is -0.0414. The van der Waals surface area contributed by atoms with Crippen molar-refractivity contribution in [2.24, 2.45) is 0 Å². The van der Waals surface area contributed by atoms with Crippen molar-refractivity contribution in [1.29, 1.82) is 0 Å². The van der Waals surface area contributed by atoms with Gasteiger partial charge in [0.25, 0.3) is 0 Å². The Morgan fingerprint density at radius 2 is 1.68 bits per heavy atom. The van der Waals surface area contributed by atoms with Crippen LogP contribution in [0.1, 0.15) is 24.6 Å². The monoisotopic (exact) mass is 331 g/mol. The number of hydrogen-bond donors (Lipinski definition) is 1. The number of anilines is 1. The molecule has 4 nitrogen and oxygen atoms in total. The third-order valence-corrected chi connectivity index (χ3v) is 3.99. The van der Waals surface area contributed by atoms with Gasteiger partial charge in [0.2, 0.25) is 5.91 Å². The van der Waals surface area contributed by atoms with Crippen molar-refractivity contribution in [3.63, 3.8) is 0 Å². The number of carbonyl (C=O) groups is 1. The van der Waals surface area contributed by atoms with Crippen molar-refractivity contribution in [1.82, 2.24) is 9.97 Å². The van der Waals surface area contributed by atoms with E-state index in [4.69, 9.17) is 0 Å². The molecule has 1 N–H and O–H groups in total. The van der Waals surface area contributed by atoms with E-state index in [0.717, 1.165) is 22.5 Å². The number of carbonyl (C=O) groups excluding carboxylic acids is 1. The number of hydrogen-bond acceptors (Lipinski definition) is 3. The highest BCUT2D eigenvalue weighted by Crippen LogP contribution is 2.20. The Morgan fingerprint density at radius 3 is 2.36 bits per heavy atom. The predicted molar refractivity (Wildman–Crippen MR) is 100 cm³/mol. The van der Waals surface area contributed by atoms with E-state index in [9.17, 15) is 4.79 Å². The molecule has 0 bridgehead atoms. The molecule has 0 aliphatic carbocycles. The van der Waals surface area contributed by atoms with Crippen LogP contribution in [-0.4, -0.2) is 15.9 Å². The SMILES string of the molecule is CCc1nc(-c2ccccc2)cnc1NC(=O)CCc1ccccc1. The number of aryl methyl sites for hydroxylation is 2. The molecule has 1 aromatic heterocycles. The summed E-state index contributed by atoms with van der Waals surface area (Å²) in [5.74, 6) is 0.514. The molecule has 25 heavy (non-hydrogen) atoms. The topological polar surface area (TPSA) is 54.9 Å². The summed E-state index contributed by atoms with van der Waals surface area (Å²) in [6, 6.07) is 19.9. The predicted octanol–water partition coefficient (Wildman–Crippen LogP) is 4.28. The summed E-state index contributed by atoms with van der Waals surface area (Å²) in [6.07, 6.45) is 3.56. The summed E-state index contributed by atoms with van der Waals surface area (Å²) in [4.78, 5) is 21.3. The first-order chi connectivity index (χ1) is 12.3. The lowest BCUT2D eigenvalue weighted by Crippen LogP contribution is -2.15. The quantitative estimate of drug-likeness (QED) is 0.733. The molecule has 0 fully saturated rings. The van der Waals surface area contributed by atoms with Gasteiger partial charge in [-0.1, -0.05) is 67.6 Å². The molecular weight excluding hydrogens is 310 g/mol. The van der Waals surface area contributed by atoms with E-state index in [-0.39, 0.29) is 5.91 Å². The van der Waals surface area contributed by atoms with Crippen molar-refractivity contribution in [2.45, 2.75) is 26.2 Å². The lowest BCUT2D eigenvalue weighted by Gasteiger charge is -2.10. The average molecular weight is 331 g/mol. The van der Waals surface area contributed by atoms with Gasteiger partial charge in [0.05, 0.1) is 17.6 Å². The van der Waals surface area contributed by atoms with E-state index in [0.29, 0.717) is 25.1 Å². The van der Waals surface area contributed by atoms with Gasteiger partial charge in [-0.3, -0.25) is 4.79 Å². The van der Waals surface area contributed by atoms with Gasteiger partial charge in [0, 0.05) is 12.0 Å². The van der Waals surface area contributed by atoms with E-state index in [2.05, 4.69) is 15.3 Å². The van der Waals surface area contributed by atoms with Crippen LogP contribution in [0.5, 0.6) is 0 Å². The van der Waals surface area contributed by atoms with Crippen LogP contribution in [-0.2, 0) is 17.6 Å². The standard InChI is InChI=1S/C21H21N3O/c1-2-18-21(22-15-19(23-18)17-11-7-4-8-12-17)24-20(25)14-13-16-9-5-3-6-10-16/h3-12,15H,2,13-14H2,1H3,(H,22,24,25). The zero-order chi connectivity index (χ0) is 17.5. The average Bonchev–Trinajstić information content (AvgIpc) is 2.68. The molecule has 0 aliphatic heterocycles. The van der Waals surface area contributed by atoms with Crippen LogP contribution in [0.25, 0.3) is 11.3 Å². The molecule has 1 amide bonds. The highest BCUT2D eigenvalue weighted by atomic mass is 16.1. The normalized spacial score (nSPS) is 10.4. The Labute approximate surface area is 148 Å². The van der Waals surface area contributed by atoms with Crippen LogP contribution >= 0.6 is 0 Å². The fourth-order valence-electron chi connectivity index (χ4n) is 2.62. The molecule has 0 radical (unpaired) electrons. The fraction of sp³-hybridized carbons (Fsp3) is 0.190. The number of amides is 1. The third-order valence-electron chi connectivity index (χ3n) is 3.99.